The number of rotatable bonds is 8. The molecule has 2 unspecified atom stereocenters. The smallest absolute Gasteiger partial charge is 0.306 e. The molecule has 7 nitrogen and oxygen atoms in total. The Morgan fingerprint density at radius 1 is 1.00 bits per heavy atom. The Hall–Kier alpha value is -1.76. The molecule has 0 heterocycles. The van der Waals surface area contributed by atoms with Gasteiger partial charge in [-0.15, -0.1) is 0 Å². The van der Waals surface area contributed by atoms with Gasteiger partial charge in [0.15, 0.2) is 0 Å². The summed E-state index contributed by atoms with van der Waals surface area (Å²) in [7, 11) is 0. The van der Waals surface area contributed by atoms with Crippen molar-refractivity contribution in [1.82, 2.24) is 0 Å². The van der Waals surface area contributed by atoms with Crippen LogP contribution in [-0.2, 0) is 23.9 Å². The van der Waals surface area contributed by atoms with E-state index in [-0.39, 0.29) is 12.6 Å². The lowest BCUT2D eigenvalue weighted by molar-refractivity contribution is -0.150. The number of carbonyl (C=O) groups is 4. The van der Waals surface area contributed by atoms with Gasteiger partial charge in [0.05, 0.1) is 12.8 Å². The first-order chi connectivity index (χ1) is 6.99. The molecule has 15 heavy (non-hydrogen) atoms. The Balaban J connectivity index is 4.22. The van der Waals surface area contributed by atoms with Gasteiger partial charge in [0.2, 0.25) is 0 Å². The van der Waals surface area contributed by atoms with Crippen molar-refractivity contribution in [2.24, 2.45) is 0 Å². The molecule has 0 aliphatic heterocycles. The van der Waals surface area contributed by atoms with Gasteiger partial charge in [0.1, 0.15) is 24.8 Å². The highest BCUT2D eigenvalue weighted by molar-refractivity contribution is 5.75. The number of carboxylic acid groups (broad SMARTS) is 2. The van der Waals surface area contributed by atoms with Crippen molar-refractivity contribution in [3.63, 3.8) is 0 Å². The van der Waals surface area contributed by atoms with Crippen LogP contribution in [0.4, 0.5) is 0 Å². The summed E-state index contributed by atoms with van der Waals surface area (Å²) in [6.07, 6.45) is -3.39. The highest BCUT2D eigenvalue weighted by Crippen LogP contribution is 2.03. The Morgan fingerprint density at radius 2 is 1.33 bits per heavy atom. The maximum Gasteiger partial charge on any atom is 0.306 e. The summed E-state index contributed by atoms with van der Waals surface area (Å²) in [5.41, 5.74) is 0. The van der Waals surface area contributed by atoms with Gasteiger partial charge in [-0.1, -0.05) is 0 Å². The number of hydrogen-bond acceptors (Lipinski definition) is 5. The molecule has 84 valence electrons. The molecule has 0 amide bonds. The van der Waals surface area contributed by atoms with Crippen LogP contribution >= 0.6 is 0 Å². The minimum absolute atomic E-state index is 0.215. The highest BCUT2D eigenvalue weighted by Gasteiger charge is 2.20. The summed E-state index contributed by atoms with van der Waals surface area (Å²) < 4.78 is 4.67. The van der Waals surface area contributed by atoms with Gasteiger partial charge in [-0.05, 0) is 0 Å². The van der Waals surface area contributed by atoms with Crippen LogP contribution in [-0.4, -0.2) is 46.9 Å². The summed E-state index contributed by atoms with van der Waals surface area (Å²) >= 11 is 0. The molecule has 0 aliphatic rings. The van der Waals surface area contributed by atoms with E-state index in [9.17, 15) is 19.2 Å². The van der Waals surface area contributed by atoms with E-state index in [0.717, 1.165) is 0 Å². The number of ether oxygens (including phenoxy) is 1. The molecule has 2 N–H and O–H groups in total. The van der Waals surface area contributed by atoms with Gasteiger partial charge in [-0.25, -0.2) is 0 Å². The van der Waals surface area contributed by atoms with E-state index in [0.29, 0.717) is 0 Å². The molecule has 0 saturated carbocycles. The van der Waals surface area contributed by atoms with Crippen molar-refractivity contribution in [2.75, 3.05) is 0 Å². The van der Waals surface area contributed by atoms with Crippen LogP contribution in [0.2, 0.25) is 0 Å². The summed E-state index contributed by atoms with van der Waals surface area (Å²) in [6, 6.07) is 0. The maximum atomic E-state index is 10.3. The zero-order chi connectivity index (χ0) is 11.8. The highest BCUT2D eigenvalue weighted by atomic mass is 16.5. The van der Waals surface area contributed by atoms with Crippen LogP contribution in [0.15, 0.2) is 0 Å². The number of aldehydes is 2. The lowest BCUT2D eigenvalue weighted by Crippen LogP contribution is -2.28. The van der Waals surface area contributed by atoms with Crippen LogP contribution in [0, 0.1) is 0 Å². The molecular formula is C8H10O7. The summed E-state index contributed by atoms with van der Waals surface area (Å²) in [5.74, 6) is -2.54. The third-order valence-electron chi connectivity index (χ3n) is 1.40. The number of aliphatic carboxylic acids is 2. The zero-order valence-corrected chi connectivity index (χ0v) is 7.66. The third kappa shape index (κ3) is 6.33. The van der Waals surface area contributed by atoms with E-state index in [1.807, 2.05) is 0 Å². The van der Waals surface area contributed by atoms with Crippen LogP contribution in [0.1, 0.15) is 12.8 Å². The van der Waals surface area contributed by atoms with Crippen LogP contribution in [0.25, 0.3) is 0 Å². The molecule has 7 heteroatoms. The average Bonchev–Trinajstić information content (AvgIpc) is 2.14. The molecule has 0 rings (SSSR count). The molecule has 0 bridgehead atoms. The lowest BCUT2D eigenvalue weighted by Gasteiger charge is -2.13. The van der Waals surface area contributed by atoms with E-state index in [2.05, 4.69) is 4.74 Å². The van der Waals surface area contributed by atoms with Crippen LogP contribution < -0.4 is 0 Å². The van der Waals surface area contributed by atoms with Crippen molar-refractivity contribution in [1.29, 1.82) is 0 Å². The van der Waals surface area contributed by atoms with E-state index in [1.54, 1.807) is 0 Å². The van der Waals surface area contributed by atoms with Gasteiger partial charge in [-0.3, -0.25) is 9.59 Å². The summed E-state index contributed by atoms with van der Waals surface area (Å²) in [5, 5.41) is 16.7. The fourth-order valence-corrected chi connectivity index (χ4v) is 0.825. The second-order valence-electron chi connectivity index (χ2n) is 2.68. The SMILES string of the molecule is O=CC(CC(=O)O)OC(C=O)CC(=O)O. The van der Waals surface area contributed by atoms with Gasteiger partial charge in [0, 0.05) is 0 Å². The fraction of sp³-hybridized carbons (Fsp3) is 0.500. The van der Waals surface area contributed by atoms with Crippen molar-refractivity contribution in [3.05, 3.63) is 0 Å². The normalized spacial score (nSPS) is 13.9. The van der Waals surface area contributed by atoms with Gasteiger partial charge in [-0.2, -0.15) is 0 Å². The first-order valence-electron chi connectivity index (χ1n) is 3.99. The molecule has 0 aliphatic carbocycles. The predicted molar refractivity (Wildman–Crippen MR) is 45.3 cm³/mol. The van der Waals surface area contributed by atoms with Crippen molar-refractivity contribution >= 4 is 24.5 Å². The third-order valence-corrected chi connectivity index (χ3v) is 1.40. The Labute approximate surface area is 84.6 Å². The van der Waals surface area contributed by atoms with E-state index >= 15 is 0 Å². The molecule has 2 atom stereocenters. The Kier molecular flexibility index (Phi) is 5.88. The summed E-state index contributed by atoms with van der Waals surface area (Å²) in [6.45, 7) is 0. The zero-order valence-electron chi connectivity index (χ0n) is 7.66. The predicted octanol–water partition coefficient (Wildman–Crippen LogP) is -0.913. The quantitative estimate of drug-likeness (QED) is 0.506. The molecule has 0 spiro atoms. The molecular weight excluding hydrogens is 208 g/mol. The largest absolute Gasteiger partial charge is 0.481 e. The van der Waals surface area contributed by atoms with Crippen molar-refractivity contribution in [2.45, 2.75) is 25.0 Å². The number of hydrogen-bond donors (Lipinski definition) is 2. The molecule has 0 aromatic heterocycles. The monoisotopic (exact) mass is 218 g/mol. The fourth-order valence-electron chi connectivity index (χ4n) is 0.825. The minimum atomic E-state index is -1.31. The topological polar surface area (TPSA) is 118 Å². The molecule has 0 aromatic carbocycles. The standard InChI is InChI=1S/C8H10O7/c9-3-5(1-7(11)12)15-6(4-10)2-8(13)14/h3-6H,1-2H2,(H,11,12)(H,13,14). The molecule has 0 radical (unpaired) electrons. The lowest BCUT2D eigenvalue weighted by atomic mass is 10.2. The average molecular weight is 218 g/mol. The van der Waals surface area contributed by atoms with E-state index < -0.39 is 37.0 Å². The Morgan fingerprint density at radius 3 is 1.53 bits per heavy atom. The Bertz CT molecular complexity index is 234. The van der Waals surface area contributed by atoms with E-state index in [4.69, 9.17) is 10.2 Å². The second-order valence-corrected chi connectivity index (χ2v) is 2.68. The number of carbonyl (C=O) groups excluding carboxylic acids is 2. The molecule has 0 aromatic rings. The molecule has 0 saturated heterocycles. The number of carboxylic acids is 2. The first kappa shape index (κ1) is 13.2. The minimum Gasteiger partial charge on any atom is -0.481 e. The second kappa shape index (κ2) is 6.66. The van der Waals surface area contributed by atoms with E-state index in [1.165, 1.54) is 0 Å². The van der Waals surface area contributed by atoms with Gasteiger partial charge >= 0.3 is 11.9 Å². The summed E-state index contributed by atoms with van der Waals surface area (Å²) in [4.78, 5) is 41.1. The van der Waals surface area contributed by atoms with Crippen LogP contribution in [0.3, 0.4) is 0 Å². The van der Waals surface area contributed by atoms with Crippen LogP contribution in [0.5, 0.6) is 0 Å². The molecule has 0 fully saturated rings. The van der Waals surface area contributed by atoms with Crippen molar-refractivity contribution in [3.8, 4) is 0 Å². The first-order valence-corrected chi connectivity index (χ1v) is 3.99. The maximum absolute atomic E-state index is 10.3. The van der Waals surface area contributed by atoms with Gasteiger partial charge < -0.3 is 24.5 Å². The van der Waals surface area contributed by atoms with Gasteiger partial charge in [0.25, 0.3) is 0 Å². The van der Waals surface area contributed by atoms with Crippen molar-refractivity contribution < 1.29 is 34.1 Å².